The standard InChI is InChI=1S/C21H22ClN3O4/c1-13(2)12-29-18-8-5-15(11-17(18)22)23-21(28)14-3-6-16(7-4-14)25-20(27)10-9-19(26)24-25/h3-8,11,13H,9-10,12H2,1-2H3,(H,23,28)(H,24,26). The minimum atomic E-state index is -0.322. The second kappa shape index (κ2) is 8.96. The van der Waals surface area contributed by atoms with Crippen LogP contribution in [0.3, 0.4) is 0 Å². The number of nitrogens with one attached hydrogen (secondary N) is 2. The molecule has 0 unspecified atom stereocenters. The molecule has 0 saturated carbocycles. The number of hydrogen-bond donors (Lipinski definition) is 2. The zero-order chi connectivity index (χ0) is 21.0. The van der Waals surface area contributed by atoms with Crippen LogP contribution in [0.25, 0.3) is 0 Å². The maximum Gasteiger partial charge on any atom is 0.255 e. The highest BCUT2D eigenvalue weighted by Crippen LogP contribution is 2.28. The lowest BCUT2D eigenvalue weighted by Crippen LogP contribution is -2.50. The molecule has 2 N–H and O–H groups in total. The zero-order valence-electron chi connectivity index (χ0n) is 16.2. The smallest absolute Gasteiger partial charge is 0.255 e. The third-order valence-electron chi connectivity index (χ3n) is 4.20. The van der Waals surface area contributed by atoms with Gasteiger partial charge in [-0.05, 0) is 48.4 Å². The fourth-order valence-electron chi connectivity index (χ4n) is 2.70. The third-order valence-corrected chi connectivity index (χ3v) is 4.50. The Morgan fingerprint density at radius 3 is 2.55 bits per heavy atom. The molecule has 1 aliphatic heterocycles. The van der Waals surface area contributed by atoms with E-state index in [9.17, 15) is 14.4 Å². The molecule has 0 atom stereocenters. The van der Waals surface area contributed by atoms with Gasteiger partial charge in [0.1, 0.15) is 5.75 Å². The van der Waals surface area contributed by atoms with Crippen molar-refractivity contribution in [2.45, 2.75) is 26.7 Å². The van der Waals surface area contributed by atoms with Crippen LogP contribution in [0.15, 0.2) is 42.5 Å². The Kier molecular flexibility index (Phi) is 6.39. The van der Waals surface area contributed by atoms with Gasteiger partial charge >= 0.3 is 0 Å². The van der Waals surface area contributed by atoms with Crippen molar-refractivity contribution in [2.24, 2.45) is 5.92 Å². The van der Waals surface area contributed by atoms with Crippen molar-refractivity contribution in [3.05, 3.63) is 53.1 Å². The number of nitrogens with zero attached hydrogens (tertiary/aromatic N) is 1. The first-order valence-corrected chi connectivity index (χ1v) is 9.67. The van der Waals surface area contributed by atoms with Crippen LogP contribution in [0.2, 0.25) is 5.02 Å². The summed E-state index contributed by atoms with van der Waals surface area (Å²) in [5.74, 6) is 0.204. The van der Waals surface area contributed by atoms with Gasteiger partial charge < -0.3 is 10.1 Å². The lowest BCUT2D eigenvalue weighted by Gasteiger charge is -2.27. The molecule has 29 heavy (non-hydrogen) atoms. The van der Waals surface area contributed by atoms with Crippen molar-refractivity contribution >= 4 is 40.7 Å². The fraction of sp³-hybridized carbons (Fsp3) is 0.286. The number of rotatable bonds is 6. The van der Waals surface area contributed by atoms with Crippen molar-refractivity contribution < 1.29 is 19.1 Å². The zero-order valence-corrected chi connectivity index (χ0v) is 17.0. The average molecular weight is 416 g/mol. The quantitative estimate of drug-likeness (QED) is 0.751. The lowest BCUT2D eigenvalue weighted by atomic mass is 10.1. The van der Waals surface area contributed by atoms with Crippen LogP contribution in [-0.2, 0) is 9.59 Å². The number of hydrogen-bond acceptors (Lipinski definition) is 4. The predicted octanol–water partition coefficient (Wildman–Crippen LogP) is 3.79. The Morgan fingerprint density at radius 1 is 1.17 bits per heavy atom. The Bertz CT molecular complexity index is 928. The SMILES string of the molecule is CC(C)COc1ccc(NC(=O)c2ccc(N3NC(=O)CCC3=O)cc2)cc1Cl. The maximum absolute atomic E-state index is 12.5. The number of hydrazine groups is 1. The summed E-state index contributed by atoms with van der Waals surface area (Å²) in [6.07, 6.45) is 0.339. The summed E-state index contributed by atoms with van der Waals surface area (Å²) in [6.45, 7) is 4.64. The summed E-state index contributed by atoms with van der Waals surface area (Å²) < 4.78 is 5.62. The molecule has 3 amide bonds. The van der Waals surface area contributed by atoms with E-state index in [-0.39, 0.29) is 30.6 Å². The van der Waals surface area contributed by atoms with Gasteiger partial charge in [-0.2, -0.15) is 0 Å². The molecule has 3 rings (SSSR count). The van der Waals surface area contributed by atoms with Crippen LogP contribution in [0.4, 0.5) is 11.4 Å². The number of anilines is 2. The topological polar surface area (TPSA) is 87.7 Å². The molecular formula is C21H22ClN3O4. The largest absolute Gasteiger partial charge is 0.492 e. The van der Waals surface area contributed by atoms with E-state index in [2.05, 4.69) is 10.7 Å². The highest BCUT2D eigenvalue weighted by Gasteiger charge is 2.24. The first kappa shape index (κ1) is 20.7. The predicted molar refractivity (Wildman–Crippen MR) is 111 cm³/mol. The molecule has 0 bridgehead atoms. The maximum atomic E-state index is 12.5. The van der Waals surface area contributed by atoms with E-state index >= 15 is 0 Å². The van der Waals surface area contributed by atoms with E-state index in [1.807, 2.05) is 13.8 Å². The van der Waals surface area contributed by atoms with Gasteiger partial charge in [0.15, 0.2) is 0 Å². The van der Waals surface area contributed by atoms with E-state index in [0.717, 1.165) is 0 Å². The number of halogens is 1. The molecule has 0 aromatic heterocycles. The molecule has 7 nitrogen and oxygen atoms in total. The Morgan fingerprint density at radius 2 is 1.90 bits per heavy atom. The van der Waals surface area contributed by atoms with Crippen molar-refractivity contribution in [1.29, 1.82) is 0 Å². The molecule has 0 radical (unpaired) electrons. The van der Waals surface area contributed by atoms with E-state index in [4.69, 9.17) is 16.3 Å². The van der Waals surface area contributed by atoms with E-state index in [1.165, 1.54) is 5.01 Å². The molecule has 8 heteroatoms. The molecule has 2 aromatic rings. The van der Waals surface area contributed by atoms with E-state index in [1.54, 1.807) is 42.5 Å². The van der Waals surface area contributed by atoms with Crippen molar-refractivity contribution in [2.75, 3.05) is 16.9 Å². The van der Waals surface area contributed by atoms with Crippen LogP contribution in [0.1, 0.15) is 37.0 Å². The lowest BCUT2D eigenvalue weighted by molar-refractivity contribution is -0.130. The first-order valence-electron chi connectivity index (χ1n) is 9.29. The molecule has 1 saturated heterocycles. The molecule has 152 valence electrons. The second-order valence-electron chi connectivity index (χ2n) is 7.12. The Hall–Kier alpha value is -3.06. The molecule has 2 aromatic carbocycles. The van der Waals surface area contributed by atoms with Crippen LogP contribution >= 0.6 is 11.6 Å². The van der Waals surface area contributed by atoms with Crippen molar-refractivity contribution in [3.8, 4) is 5.75 Å². The molecule has 0 aliphatic carbocycles. The van der Waals surface area contributed by atoms with Crippen LogP contribution in [0.5, 0.6) is 5.75 Å². The normalized spacial score (nSPS) is 14.0. The summed E-state index contributed by atoms with van der Waals surface area (Å²) in [4.78, 5) is 36.0. The van der Waals surface area contributed by atoms with E-state index in [0.29, 0.717) is 40.2 Å². The van der Waals surface area contributed by atoms with Gasteiger partial charge in [-0.15, -0.1) is 0 Å². The van der Waals surface area contributed by atoms with Gasteiger partial charge in [0.05, 0.1) is 17.3 Å². The summed E-state index contributed by atoms with van der Waals surface area (Å²) >= 11 is 6.23. The van der Waals surface area contributed by atoms with Gasteiger partial charge in [-0.3, -0.25) is 19.8 Å². The Balaban J connectivity index is 1.66. The van der Waals surface area contributed by atoms with Crippen molar-refractivity contribution in [1.82, 2.24) is 5.43 Å². The second-order valence-corrected chi connectivity index (χ2v) is 7.52. The Labute approximate surface area is 173 Å². The summed E-state index contributed by atoms with van der Waals surface area (Å²) in [6, 6.07) is 11.4. The number of ether oxygens (including phenoxy) is 1. The number of carbonyl (C=O) groups is 3. The first-order chi connectivity index (χ1) is 13.8. The van der Waals surface area contributed by atoms with Crippen LogP contribution < -0.4 is 20.5 Å². The summed E-state index contributed by atoms with van der Waals surface area (Å²) in [7, 11) is 0. The van der Waals surface area contributed by atoms with Crippen LogP contribution in [0, 0.1) is 5.92 Å². The fourth-order valence-corrected chi connectivity index (χ4v) is 2.94. The number of benzene rings is 2. The van der Waals surface area contributed by atoms with Gasteiger partial charge in [-0.25, -0.2) is 5.01 Å². The van der Waals surface area contributed by atoms with Gasteiger partial charge in [0, 0.05) is 24.1 Å². The molecule has 1 heterocycles. The number of carbonyl (C=O) groups excluding carboxylic acids is 3. The van der Waals surface area contributed by atoms with Crippen LogP contribution in [-0.4, -0.2) is 24.3 Å². The van der Waals surface area contributed by atoms with Gasteiger partial charge in [0.25, 0.3) is 5.91 Å². The summed E-state index contributed by atoms with van der Waals surface area (Å²) in [5, 5.41) is 4.39. The third kappa shape index (κ3) is 5.26. The number of amides is 3. The average Bonchev–Trinajstić information content (AvgIpc) is 2.69. The minimum Gasteiger partial charge on any atom is -0.492 e. The molecule has 1 aliphatic rings. The summed E-state index contributed by atoms with van der Waals surface area (Å²) in [5.41, 5.74) is 3.96. The van der Waals surface area contributed by atoms with Gasteiger partial charge in [0.2, 0.25) is 11.8 Å². The van der Waals surface area contributed by atoms with Gasteiger partial charge in [-0.1, -0.05) is 25.4 Å². The van der Waals surface area contributed by atoms with E-state index < -0.39 is 0 Å². The highest BCUT2D eigenvalue weighted by molar-refractivity contribution is 6.32. The minimum absolute atomic E-state index is 0.158. The molecular weight excluding hydrogens is 394 g/mol. The molecule has 0 spiro atoms. The van der Waals surface area contributed by atoms with Crippen molar-refractivity contribution in [3.63, 3.8) is 0 Å². The highest BCUT2D eigenvalue weighted by atomic mass is 35.5. The monoisotopic (exact) mass is 415 g/mol. The molecule has 1 fully saturated rings.